The first-order valence-electron chi connectivity index (χ1n) is 8.76. The molecule has 25 heavy (non-hydrogen) atoms. The predicted molar refractivity (Wildman–Crippen MR) is 87.9 cm³/mol. The van der Waals surface area contributed by atoms with Crippen LogP contribution >= 0.6 is 0 Å². The van der Waals surface area contributed by atoms with Crippen LogP contribution in [-0.4, -0.2) is 57.7 Å². The second kappa shape index (κ2) is 6.25. The molecule has 0 spiro atoms. The van der Waals surface area contributed by atoms with Crippen molar-refractivity contribution in [3.05, 3.63) is 28.7 Å². The highest BCUT2D eigenvalue weighted by atomic mass is 16.5. The van der Waals surface area contributed by atoms with Crippen LogP contribution in [0, 0.1) is 13.8 Å². The van der Waals surface area contributed by atoms with Crippen molar-refractivity contribution in [2.24, 2.45) is 0 Å². The van der Waals surface area contributed by atoms with Crippen molar-refractivity contribution in [1.29, 1.82) is 0 Å². The Bertz CT molecular complexity index is 758. The minimum absolute atomic E-state index is 0.0879. The number of carbonyl (C=O) groups excluding carboxylic acids is 1. The molecule has 8 nitrogen and oxygen atoms in total. The summed E-state index contributed by atoms with van der Waals surface area (Å²) in [7, 11) is 2.08. The maximum Gasteiger partial charge on any atom is 0.243 e. The molecule has 2 aromatic heterocycles. The standard InChI is InChI=1S/C17H23N5O3/c1-10-13(11(2)24-19-10)7-15(23)22-8-12(9-22)16-18-17(25-20-16)14-5-4-6-21(14)3/h12,14H,4-9H2,1-3H3. The van der Waals surface area contributed by atoms with Crippen LogP contribution in [-0.2, 0) is 11.2 Å². The van der Waals surface area contributed by atoms with Gasteiger partial charge in [0, 0.05) is 18.7 Å². The van der Waals surface area contributed by atoms with E-state index in [1.54, 1.807) is 0 Å². The predicted octanol–water partition coefficient (Wildman–Crippen LogP) is 1.61. The molecule has 2 saturated heterocycles. The van der Waals surface area contributed by atoms with E-state index in [9.17, 15) is 4.79 Å². The van der Waals surface area contributed by atoms with Crippen molar-refractivity contribution in [2.75, 3.05) is 26.7 Å². The zero-order valence-electron chi connectivity index (χ0n) is 14.9. The lowest BCUT2D eigenvalue weighted by molar-refractivity contribution is -0.135. The molecule has 8 heteroatoms. The average Bonchev–Trinajstić information content (AvgIpc) is 3.23. The van der Waals surface area contributed by atoms with E-state index in [-0.39, 0.29) is 17.9 Å². The molecule has 2 aromatic rings. The molecule has 0 saturated carbocycles. The molecule has 2 fully saturated rings. The van der Waals surface area contributed by atoms with Gasteiger partial charge in [0.2, 0.25) is 11.8 Å². The molecule has 1 atom stereocenters. The summed E-state index contributed by atoms with van der Waals surface area (Å²) in [5.41, 5.74) is 1.67. The number of nitrogens with zero attached hydrogens (tertiary/aromatic N) is 5. The van der Waals surface area contributed by atoms with Crippen LogP contribution in [0.4, 0.5) is 0 Å². The summed E-state index contributed by atoms with van der Waals surface area (Å²) in [6, 6.07) is 0.235. The van der Waals surface area contributed by atoms with Crippen molar-refractivity contribution in [3.8, 4) is 0 Å². The molecule has 0 aromatic carbocycles. The van der Waals surface area contributed by atoms with Gasteiger partial charge in [-0.2, -0.15) is 4.98 Å². The molecule has 0 bridgehead atoms. The molecule has 0 N–H and O–H groups in total. The van der Waals surface area contributed by atoms with Gasteiger partial charge in [-0.3, -0.25) is 9.69 Å². The minimum atomic E-state index is 0.0879. The Morgan fingerprint density at radius 3 is 2.68 bits per heavy atom. The van der Waals surface area contributed by atoms with Crippen molar-refractivity contribution >= 4 is 5.91 Å². The highest BCUT2D eigenvalue weighted by Crippen LogP contribution is 2.32. The highest BCUT2D eigenvalue weighted by Gasteiger charge is 2.36. The highest BCUT2D eigenvalue weighted by molar-refractivity contribution is 5.80. The van der Waals surface area contributed by atoms with E-state index in [0.717, 1.165) is 36.5 Å². The second-order valence-electron chi connectivity index (χ2n) is 7.10. The second-order valence-corrected chi connectivity index (χ2v) is 7.10. The third-order valence-electron chi connectivity index (χ3n) is 5.37. The third-order valence-corrected chi connectivity index (χ3v) is 5.37. The Labute approximate surface area is 146 Å². The van der Waals surface area contributed by atoms with Gasteiger partial charge in [0.25, 0.3) is 0 Å². The third kappa shape index (κ3) is 2.95. The summed E-state index contributed by atoms with van der Waals surface area (Å²) in [5.74, 6) is 2.39. The molecule has 134 valence electrons. The number of hydrogen-bond donors (Lipinski definition) is 0. The van der Waals surface area contributed by atoms with E-state index in [0.29, 0.717) is 31.2 Å². The number of carbonyl (C=O) groups is 1. The smallest absolute Gasteiger partial charge is 0.243 e. The first-order valence-corrected chi connectivity index (χ1v) is 8.76. The fraction of sp³-hybridized carbons (Fsp3) is 0.647. The van der Waals surface area contributed by atoms with Crippen LogP contribution in [0.2, 0.25) is 0 Å². The molecule has 1 unspecified atom stereocenters. The Kier molecular flexibility index (Phi) is 4.07. The van der Waals surface area contributed by atoms with Gasteiger partial charge in [-0.05, 0) is 40.3 Å². The summed E-state index contributed by atoms with van der Waals surface area (Å²) in [4.78, 5) is 21.1. The quantitative estimate of drug-likeness (QED) is 0.831. The molecule has 2 aliphatic rings. The number of aromatic nitrogens is 3. The maximum absolute atomic E-state index is 12.4. The fourth-order valence-corrected chi connectivity index (χ4v) is 3.63. The molecule has 0 aliphatic carbocycles. The normalized spacial score (nSPS) is 21.7. The number of likely N-dealkylation sites (tertiary alicyclic amines) is 2. The van der Waals surface area contributed by atoms with Gasteiger partial charge in [-0.15, -0.1) is 0 Å². The minimum Gasteiger partial charge on any atom is -0.361 e. The first-order chi connectivity index (χ1) is 12.0. The van der Waals surface area contributed by atoms with Crippen molar-refractivity contribution in [3.63, 3.8) is 0 Å². The van der Waals surface area contributed by atoms with Crippen LogP contribution in [0.15, 0.2) is 9.05 Å². The van der Waals surface area contributed by atoms with Crippen molar-refractivity contribution < 1.29 is 13.8 Å². The zero-order chi connectivity index (χ0) is 17.6. The number of hydrogen-bond acceptors (Lipinski definition) is 7. The van der Waals surface area contributed by atoms with Crippen LogP contribution in [0.1, 0.15) is 53.5 Å². The lowest BCUT2D eigenvalue weighted by Crippen LogP contribution is -2.49. The van der Waals surface area contributed by atoms with Crippen molar-refractivity contribution in [1.82, 2.24) is 25.1 Å². The van der Waals surface area contributed by atoms with Crippen LogP contribution in [0.25, 0.3) is 0 Å². The molecule has 2 aliphatic heterocycles. The Hall–Kier alpha value is -2.22. The van der Waals surface area contributed by atoms with E-state index in [4.69, 9.17) is 9.05 Å². The summed E-state index contributed by atoms with van der Waals surface area (Å²) in [6.45, 7) is 6.04. The molecule has 0 radical (unpaired) electrons. The van der Waals surface area contributed by atoms with E-state index in [1.165, 1.54) is 0 Å². The van der Waals surface area contributed by atoms with Crippen molar-refractivity contribution in [2.45, 2.75) is 45.1 Å². The molecule has 1 amide bonds. The topological polar surface area (TPSA) is 88.5 Å². The van der Waals surface area contributed by atoms with E-state index >= 15 is 0 Å². The maximum atomic E-state index is 12.4. The zero-order valence-corrected chi connectivity index (χ0v) is 14.9. The van der Waals surface area contributed by atoms with E-state index in [2.05, 4.69) is 27.2 Å². The van der Waals surface area contributed by atoms with Crippen LogP contribution in [0.5, 0.6) is 0 Å². The van der Waals surface area contributed by atoms with Crippen LogP contribution < -0.4 is 0 Å². The molecule has 4 rings (SSSR count). The number of amides is 1. The number of aryl methyl sites for hydroxylation is 2. The Balaban J connectivity index is 1.34. The van der Waals surface area contributed by atoms with Gasteiger partial charge >= 0.3 is 0 Å². The lowest BCUT2D eigenvalue weighted by atomic mass is 9.98. The fourth-order valence-electron chi connectivity index (χ4n) is 3.63. The van der Waals surface area contributed by atoms with Gasteiger partial charge in [-0.25, -0.2) is 0 Å². The molecular weight excluding hydrogens is 322 g/mol. The summed E-state index contributed by atoms with van der Waals surface area (Å²) < 4.78 is 10.6. The van der Waals surface area contributed by atoms with Gasteiger partial charge in [-0.1, -0.05) is 10.3 Å². The molecule has 4 heterocycles. The summed E-state index contributed by atoms with van der Waals surface area (Å²) in [6.07, 6.45) is 2.55. The van der Waals surface area contributed by atoms with E-state index < -0.39 is 0 Å². The Morgan fingerprint density at radius 1 is 1.24 bits per heavy atom. The Morgan fingerprint density at radius 2 is 2.04 bits per heavy atom. The average molecular weight is 345 g/mol. The summed E-state index contributed by atoms with van der Waals surface area (Å²) in [5, 5.41) is 8.04. The largest absolute Gasteiger partial charge is 0.361 e. The van der Waals surface area contributed by atoms with Gasteiger partial charge < -0.3 is 13.9 Å². The van der Waals surface area contributed by atoms with E-state index in [1.807, 2.05) is 18.7 Å². The summed E-state index contributed by atoms with van der Waals surface area (Å²) >= 11 is 0. The van der Waals surface area contributed by atoms with Crippen LogP contribution in [0.3, 0.4) is 0 Å². The van der Waals surface area contributed by atoms with Gasteiger partial charge in [0.1, 0.15) is 5.76 Å². The first kappa shape index (κ1) is 16.3. The SMILES string of the molecule is Cc1noc(C)c1CC(=O)N1CC(c2noc(C3CCCN3C)n2)C1. The van der Waals surface area contributed by atoms with Gasteiger partial charge in [0.05, 0.1) is 24.1 Å². The van der Waals surface area contributed by atoms with Gasteiger partial charge in [0.15, 0.2) is 5.82 Å². The number of rotatable bonds is 4. The monoisotopic (exact) mass is 345 g/mol. The molecular formula is C17H23N5O3. The lowest BCUT2D eigenvalue weighted by Gasteiger charge is -2.37.